The molecule has 0 amide bonds. The highest BCUT2D eigenvalue weighted by atomic mass is 16.4. The Kier molecular flexibility index (Phi) is 7.10. The molecule has 0 unspecified atom stereocenters. The second kappa shape index (κ2) is 7.49. The molecule has 0 spiro atoms. The summed E-state index contributed by atoms with van der Waals surface area (Å²) >= 11 is 0. The molecule has 0 saturated carbocycles. The third-order valence-electron chi connectivity index (χ3n) is 1.72. The van der Waals surface area contributed by atoms with Crippen molar-refractivity contribution in [3.05, 3.63) is 12.2 Å². The van der Waals surface area contributed by atoms with Crippen LogP contribution < -0.4 is 5.73 Å². The molecule has 1 aliphatic carbocycles. The Morgan fingerprint density at radius 2 is 1.73 bits per heavy atom. The van der Waals surface area contributed by atoms with E-state index in [0.29, 0.717) is 0 Å². The zero-order valence-corrected chi connectivity index (χ0v) is 8.23. The number of hydrogen-bond donors (Lipinski definition) is 5. The summed E-state index contributed by atoms with van der Waals surface area (Å²) in [7, 11) is 0. The monoisotopic (exact) mass is 219 g/mol. The van der Waals surface area contributed by atoms with Crippen LogP contribution in [0.4, 0.5) is 0 Å². The van der Waals surface area contributed by atoms with Gasteiger partial charge >= 0.3 is 0 Å². The van der Waals surface area contributed by atoms with Gasteiger partial charge in [-0.05, 0) is 6.42 Å². The SMILES string of the molecule is C1=CC1.N[C@H](C=O)[C@@H](O)[C@H](O)[C@H](O)CO. The van der Waals surface area contributed by atoms with Crippen molar-refractivity contribution in [2.75, 3.05) is 6.61 Å². The lowest BCUT2D eigenvalue weighted by Crippen LogP contribution is -2.49. The highest BCUT2D eigenvalue weighted by Gasteiger charge is 2.28. The maximum Gasteiger partial charge on any atom is 0.139 e. The van der Waals surface area contributed by atoms with Crippen LogP contribution in [0.2, 0.25) is 0 Å². The molecular formula is C9H17NO5. The second-order valence-corrected chi connectivity index (χ2v) is 3.15. The topological polar surface area (TPSA) is 124 Å². The van der Waals surface area contributed by atoms with E-state index in [2.05, 4.69) is 12.2 Å². The number of carbonyl (C=O) groups excluding carboxylic acids is 1. The van der Waals surface area contributed by atoms with Gasteiger partial charge in [0.05, 0.1) is 12.6 Å². The van der Waals surface area contributed by atoms with Crippen molar-refractivity contribution in [2.45, 2.75) is 30.8 Å². The molecule has 0 aliphatic heterocycles. The quantitative estimate of drug-likeness (QED) is 0.258. The summed E-state index contributed by atoms with van der Waals surface area (Å²) in [4.78, 5) is 10.0. The molecule has 0 bridgehead atoms. The summed E-state index contributed by atoms with van der Waals surface area (Å²) in [6.45, 7) is -0.705. The van der Waals surface area contributed by atoms with Crippen molar-refractivity contribution in [3.8, 4) is 0 Å². The van der Waals surface area contributed by atoms with Crippen LogP contribution in [0.1, 0.15) is 6.42 Å². The third-order valence-corrected chi connectivity index (χ3v) is 1.72. The van der Waals surface area contributed by atoms with E-state index in [0.717, 1.165) is 0 Å². The molecule has 88 valence electrons. The minimum absolute atomic E-state index is 0.248. The summed E-state index contributed by atoms with van der Waals surface area (Å²) < 4.78 is 0. The fourth-order valence-electron chi connectivity index (χ4n) is 0.644. The zero-order valence-electron chi connectivity index (χ0n) is 8.23. The maximum absolute atomic E-state index is 10.0. The Labute approximate surface area is 87.6 Å². The Balaban J connectivity index is 0.000000548. The van der Waals surface area contributed by atoms with Gasteiger partial charge in [-0.3, -0.25) is 0 Å². The molecule has 0 aromatic rings. The highest BCUT2D eigenvalue weighted by molar-refractivity contribution is 5.58. The minimum atomic E-state index is -1.62. The predicted molar refractivity (Wildman–Crippen MR) is 52.9 cm³/mol. The highest BCUT2D eigenvalue weighted by Crippen LogP contribution is 2.01. The van der Waals surface area contributed by atoms with Crippen molar-refractivity contribution in [1.82, 2.24) is 0 Å². The van der Waals surface area contributed by atoms with E-state index in [-0.39, 0.29) is 6.29 Å². The molecule has 0 fully saturated rings. The van der Waals surface area contributed by atoms with Gasteiger partial charge in [0.2, 0.25) is 0 Å². The van der Waals surface area contributed by atoms with E-state index >= 15 is 0 Å². The van der Waals surface area contributed by atoms with Crippen LogP contribution in [0.15, 0.2) is 12.2 Å². The van der Waals surface area contributed by atoms with E-state index in [1.807, 2.05) is 0 Å². The lowest BCUT2D eigenvalue weighted by molar-refractivity contribution is -0.118. The average Bonchev–Trinajstić information content (AvgIpc) is 3.12. The number of rotatable bonds is 5. The number of aldehydes is 1. The molecule has 15 heavy (non-hydrogen) atoms. The number of hydrogen-bond acceptors (Lipinski definition) is 6. The first kappa shape index (κ1) is 14.2. The van der Waals surface area contributed by atoms with Gasteiger partial charge in [-0.2, -0.15) is 0 Å². The van der Waals surface area contributed by atoms with E-state index in [4.69, 9.17) is 26.2 Å². The first-order chi connectivity index (χ1) is 7.04. The van der Waals surface area contributed by atoms with Crippen LogP contribution in [-0.2, 0) is 4.79 Å². The standard InChI is InChI=1S/C6H13NO5.C3H4/c7-3(1-8)5(11)6(12)4(10)2-9;1-2-3-1/h1,3-6,9-12H,2,7H2;1-2H,3H2/t3-,4-,5-,6-;/m1./s1. The van der Waals surface area contributed by atoms with Crippen molar-refractivity contribution in [2.24, 2.45) is 5.73 Å². The van der Waals surface area contributed by atoms with Gasteiger partial charge in [0.25, 0.3) is 0 Å². The Morgan fingerprint density at radius 3 is 2.00 bits per heavy atom. The van der Waals surface area contributed by atoms with Crippen molar-refractivity contribution in [1.29, 1.82) is 0 Å². The lowest BCUT2D eigenvalue weighted by Gasteiger charge is -2.23. The van der Waals surface area contributed by atoms with Crippen molar-refractivity contribution >= 4 is 6.29 Å². The van der Waals surface area contributed by atoms with Gasteiger partial charge in [0.1, 0.15) is 24.6 Å². The fourth-order valence-corrected chi connectivity index (χ4v) is 0.644. The molecule has 6 N–H and O–H groups in total. The molecule has 1 rings (SSSR count). The van der Waals surface area contributed by atoms with Crippen LogP contribution in [0, 0.1) is 0 Å². The molecule has 6 heteroatoms. The van der Waals surface area contributed by atoms with Crippen molar-refractivity contribution in [3.63, 3.8) is 0 Å². The molecule has 6 nitrogen and oxygen atoms in total. The van der Waals surface area contributed by atoms with E-state index in [1.54, 1.807) is 0 Å². The fraction of sp³-hybridized carbons (Fsp3) is 0.667. The Morgan fingerprint density at radius 1 is 1.27 bits per heavy atom. The Hall–Kier alpha value is -0.790. The van der Waals surface area contributed by atoms with E-state index in [1.165, 1.54) is 6.42 Å². The summed E-state index contributed by atoms with van der Waals surface area (Å²) in [5.74, 6) is 0. The summed E-state index contributed by atoms with van der Waals surface area (Å²) in [5.41, 5.74) is 5.04. The van der Waals surface area contributed by atoms with E-state index < -0.39 is 31.0 Å². The number of allylic oxidation sites excluding steroid dienone is 2. The first-order valence-corrected chi connectivity index (χ1v) is 4.55. The van der Waals surface area contributed by atoms with Crippen LogP contribution in [0.5, 0.6) is 0 Å². The first-order valence-electron chi connectivity index (χ1n) is 4.55. The number of nitrogens with two attached hydrogens (primary N) is 1. The average molecular weight is 219 g/mol. The molecule has 0 radical (unpaired) electrons. The molecule has 0 saturated heterocycles. The van der Waals surface area contributed by atoms with Crippen LogP contribution >= 0.6 is 0 Å². The normalized spacial score (nSPS) is 20.6. The molecule has 0 aromatic heterocycles. The smallest absolute Gasteiger partial charge is 0.139 e. The molecule has 1 aliphatic rings. The number of aliphatic hydroxyl groups is 4. The zero-order chi connectivity index (χ0) is 11.8. The predicted octanol–water partition coefficient (Wildman–Crippen LogP) is -2.47. The summed E-state index contributed by atoms with van der Waals surface area (Å²) in [6, 6.07) is -1.26. The van der Waals surface area contributed by atoms with E-state index in [9.17, 15) is 4.79 Å². The summed E-state index contributed by atoms with van der Waals surface area (Å²) in [5, 5.41) is 35.2. The summed E-state index contributed by atoms with van der Waals surface area (Å²) in [6.07, 6.45) is 1.07. The molecule has 0 aromatic carbocycles. The van der Waals surface area contributed by atoms with Gasteiger partial charge in [-0.1, -0.05) is 12.2 Å². The largest absolute Gasteiger partial charge is 0.394 e. The van der Waals surface area contributed by atoms with Gasteiger partial charge in [-0.15, -0.1) is 0 Å². The number of carbonyl (C=O) groups is 1. The van der Waals surface area contributed by atoms with Crippen LogP contribution in [0.25, 0.3) is 0 Å². The maximum atomic E-state index is 10.0. The Bertz CT molecular complexity index is 205. The van der Waals surface area contributed by atoms with Gasteiger partial charge in [-0.25, -0.2) is 0 Å². The molecule has 0 heterocycles. The van der Waals surface area contributed by atoms with Gasteiger partial charge in [0.15, 0.2) is 0 Å². The number of aliphatic hydroxyl groups excluding tert-OH is 4. The molecular weight excluding hydrogens is 202 g/mol. The van der Waals surface area contributed by atoms with Gasteiger partial charge in [0, 0.05) is 0 Å². The van der Waals surface area contributed by atoms with Gasteiger partial charge < -0.3 is 31.0 Å². The van der Waals surface area contributed by atoms with Crippen LogP contribution in [-0.4, -0.2) is 57.7 Å². The van der Waals surface area contributed by atoms with Crippen LogP contribution in [0.3, 0.4) is 0 Å². The third kappa shape index (κ3) is 6.32. The minimum Gasteiger partial charge on any atom is -0.394 e. The molecule has 4 atom stereocenters. The second-order valence-electron chi connectivity index (χ2n) is 3.15. The lowest BCUT2D eigenvalue weighted by atomic mass is 10.0. The van der Waals surface area contributed by atoms with Crippen molar-refractivity contribution < 1.29 is 25.2 Å².